The molecule has 1 rings (SSSR count). The Morgan fingerprint density at radius 1 is 1.53 bits per heavy atom. The summed E-state index contributed by atoms with van der Waals surface area (Å²) in [5, 5.41) is 0. The lowest BCUT2D eigenvalue weighted by molar-refractivity contribution is -0.428. The summed E-state index contributed by atoms with van der Waals surface area (Å²) in [5.41, 5.74) is 3.74. The molecule has 3 N–H and O–H groups in total. The maximum atomic E-state index is 12.4. The largest absolute Gasteiger partial charge is 0.460 e. The van der Waals surface area contributed by atoms with Crippen LogP contribution in [0.2, 0.25) is 0 Å². The first-order chi connectivity index (χ1) is 8.79. The average molecular weight is 269 g/mol. The lowest BCUT2D eigenvalue weighted by atomic mass is 9.86. The van der Waals surface area contributed by atoms with E-state index in [0.717, 1.165) is 6.42 Å². The molecular weight excluding hydrogens is 244 g/mol. The Balaban J connectivity index is 2.73. The van der Waals surface area contributed by atoms with Gasteiger partial charge in [-0.25, -0.2) is 4.79 Å². The zero-order valence-electron chi connectivity index (χ0n) is 12.1. The summed E-state index contributed by atoms with van der Waals surface area (Å²) in [4.78, 5) is 25.9. The fourth-order valence-corrected chi connectivity index (χ4v) is 2.08. The molecule has 0 aromatic rings. The Morgan fingerprint density at radius 2 is 2.16 bits per heavy atom. The first kappa shape index (κ1) is 15.7. The number of esters is 1. The minimum atomic E-state index is -0.459. The van der Waals surface area contributed by atoms with Crippen LogP contribution < -0.4 is 5.73 Å². The first-order valence-corrected chi connectivity index (χ1v) is 6.70. The molecule has 5 heteroatoms. The Labute approximate surface area is 114 Å². The van der Waals surface area contributed by atoms with Gasteiger partial charge in [0.25, 0.3) is 5.91 Å². The van der Waals surface area contributed by atoms with E-state index in [9.17, 15) is 9.59 Å². The van der Waals surface area contributed by atoms with E-state index >= 15 is 0 Å². The van der Waals surface area contributed by atoms with Crippen molar-refractivity contribution in [1.82, 2.24) is 4.90 Å². The van der Waals surface area contributed by atoms with E-state index in [2.05, 4.69) is 12.3 Å². The summed E-state index contributed by atoms with van der Waals surface area (Å²) in [7, 11) is 0. The lowest BCUT2D eigenvalue weighted by Crippen LogP contribution is -2.73. The Hall–Kier alpha value is -1.36. The second kappa shape index (κ2) is 6.19. The zero-order valence-corrected chi connectivity index (χ0v) is 12.1. The molecule has 1 aliphatic heterocycles. The van der Waals surface area contributed by atoms with E-state index in [-0.39, 0.29) is 29.9 Å². The number of quaternary nitrogens is 1. The van der Waals surface area contributed by atoms with Crippen LogP contribution in [0.15, 0.2) is 12.7 Å². The van der Waals surface area contributed by atoms with Crippen molar-refractivity contribution in [2.45, 2.75) is 45.7 Å². The van der Waals surface area contributed by atoms with Crippen LogP contribution in [0, 0.1) is 5.41 Å². The maximum Gasteiger partial charge on any atom is 0.329 e. The van der Waals surface area contributed by atoms with Gasteiger partial charge in [-0.3, -0.25) is 4.79 Å². The molecule has 0 aliphatic carbocycles. The highest BCUT2D eigenvalue weighted by atomic mass is 16.5. The Bertz CT molecular complexity index is 360. The van der Waals surface area contributed by atoms with Gasteiger partial charge in [-0.2, -0.15) is 0 Å². The molecule has 0 radical (unpaired) electrons. The molecule has 0 aromatic carbocycles. The molecule has 1 fully saturated rings. The number of hydrogen-bond acceptors (Lipinski definition) is 3. The van der Waals surface area contributed by atoms with Crippen LogP contribution in [0.1, 0.15) is 33.6 Å². The topological polar surface area (TPSA) is 74.2 Å². The monoisotopic (exact) mass is 269 g/mol. The van der Waals surface area contributed by atoms with Crippen molar-refractivity contribution in [3.63, 3.8) is 0 Å². The standard InChI is InChI=1S/C14H24N2O3/c1-5-9-19-13(18)10-7-6-8-16(10)12(17)11(15)14(2,3)4/h5,10-11H,1,6-9,15H2,2-4H3/p+1/t10-,11-/m1/s1. The van der Waals surface area contributed by atoms with Gasteiger partial charge in [0.1, 0.15) is 12.6 Å². The second-order valence-electron chi connectivity index (χ2n) is 6.03. The van der Waals surface area contributed by atoms with Gasteiger partial charge >= 0.3 is 5.97 Å². The fraction of sp³-hybridized carbons (Fsp3) is 0.714. The molecule has 1 heterocycles. The highest BCUT2D eigenvalue weighted by Gasteiger charge is 2.42. The molecular formula is C14H25N2O3+. The third-order valence-electron chi connectivity index (χ3n) is 3.49. The van der Waals surface area contributed by atoms with Crippen LogP contribution >= 0.6 is 0 Å². The van der Waals surface area contributed by atoms with E-state index in [0.29, 0.717) is 13.0 Å². The van der Waals surface area contributed by atoms with Gasteiger partial charge in [0, 0.05) is 12.0 Å². The SMILES string of the molecule is C=CCOC(=O)[C@H]1CCCN1C(=O)[C@@H]([NH3+])C(C)(C)C. The Kier molecular flexibility index (Phi) is 5.11. The van der Waals surface area contributed by atoms with E-state index < -0.39 is 6.04 Å². The van der Waals surface area contributed by atoms with Crippen molar-refractivity contribution in [2.24, 2.45) is 5.41 Å². The highest BCUT2D eigenvalue weighted by Crippen LogP contribution is 2.24. The van der Waals surface area contributed by atoms with Crippen molar-refractivity contribution in [1.29, 1.82) is 0 Å². The van der Waals surface area contributed by atoms with Crippen LogP contribution in [0.25, 0.3) is 0 Å². The summed E-state index contributed by atoms with van der Waals surface area (Å²) < 4.78 is 5.05. The van der Waals surface area contributed by atoms with Crippen LogP contribution in [0.3, 0.4) is 0 Å². The number of rotatable bonds is 4. The summed E-state index contributed by atoms with van der Waals surface area (Å²) in [6.07, 6.45) is 3.02. The molecule has 19 heavy (non-hydrogen) atoms. The van der Waals surface area contributed by atoms with Gasteiger partial charge in [-0.15, -0.1) is 0 Å². The number of carbonyl (C=O) groups is 2. The number of carbonyl (C=O) groups excluding carboxylic acids is 2. The van der Waals surface area contributed by atoms with Crippen LogP contribution in [0.4, 0.5) is 0 Å². The molecule has 108 valence electrons. The second-order valence-corrected chi connectivity index (χ2v) is 6.03. The average Bonchev–Trinajstić information content (AvgIpc) is 2.82. The van der Waals surface area contributed by atoms with Crippen molar-refractivity contribution in [3.05, 3.63) is 12.7 Å². The summed E-state index contributed by atoms with van der Waals surface area (Å²) >= 11 is 0. The quantitative estimate of drug-likeness (QED) is 0.591. The third-order valence-corrected chi connectivity index (χ3v) is 3.49. The van der Waals surface area contributed by atoms with Gasteiger partial charge < -0.3 is 15.4 Å². The maximum absolute atomic E-state index is 12.4. The lowest BCUT2D eigenvalue weighted by Gasteiger charge is -2.29. The molecule has 5 nitrogen and oxygen atoms in total. The van der Waals surface area contributed by atoms with Crippen LogP contribution in [-0.4, -0.2) is 42.0 Å². The number of ether oxygens (including phenoxy) is 1. The van der Waals surface area contributed by atoms with E-state index in [1.165, 1.54) is 6.08 Å². The molecule has 1 aliphatic rings. The fourth-order valence-electron chi connectivity index (χ4n) is 2.08. The van der Waals surface area contributed by atoms with Gasteiger partial charge in [0.15, 0.2) is 6.04 Å². The first-order valence-electron chi connectivity index (χ1n) is 6.70. The summed E-state index contributed by atoms with van der Waals surface area (Å²) in [5.74, 6) is -0.405. The number of hydrogen-bond donors (Lipinski definition) is 1. The summed E-state index contributed by atoms with van der Waals surface area (Å²) in [6.45, 7) is 10.2. The normalized spacial score (nSPS) is 21.1. The smallest absolute Gasteiger partial charge is 0.329 e. The molecule has 0 saturated carbocycles. The van der Waals surface area contributed by atoms with Crippen molar-refractivity contribution in [3.8, 4) is 0 Å². The molecule has 0 bridgehead atoms. The number of nitrogens with zero attached hydrogens (tertiary/aromatic N) is 1. The third kappa shape index (κ3) is 3.80. The number of likely N-dealkylation sites (tertiary alicyclic amines) is 1. The molecule has 0 unspecified atom stereocenters. The van der Waals surface area contributed by atoms with E-state index in [1.807, 2.05) is 20.8 Å². The molecule has 1 saturated heterocycles. The minimum absolute atomic E-state index is 0.0643. The van der Waals surface area contributed by atoms with Crippen molar-refractivity contribution in [2.75, 3.05) is 13.2 Å². The molecule has 1 amide bonds. The molecule has 0 spiro atoms. The number of amides is 1. The minimum Gasteiger partial charge on any atom is -0.460 e. The van der Waals surface area contributed by atoms with Gasteiger partial charge in [-0.05, 0) is 12.8 Å². The molecule has 2 atom stereocenters. The predicted molar refractivity (Wildman–Crippen MR) is 72.0 cm³/mol. The Morgan fingerprint density at radius 3 is 2.68 bits per heavy atom. The van der Waals surface area contributed by atoms with Gasteiger partial charge in [-0.1, -0.05) is 33.4 Å². The highest BCUT2D eigenvalue weighted by molar-refractivity contribution is 5.87. The van der Waals surface area contributed by atoms with Crippen LogP contribution in [-0.2, 0) is 14.3 Å². The summed E-state index contributed by atoms with van der Waals surface area (Å²) in [6, 6.07) is -0.820. The van der Waals surface area contributed by atoms with Gasteiger partial charge in [0.05, 0.1) is 0 Å². The van der Waals surface area contributed by atoms with Crippen LogP contribution in [0.5, 0.6) is 0 Å². The van der Waals surface area contributed by atoms with E-state index in [1.54, 1.807) is 4.90 Å². The predicted octanol–water partition coefficient (Wildman–Crippen LogP) is 0.363. The molecule has 0 aromatic heterocycles. The van der Waals surface area contributed by atoms with Crippen molar-refractivity contribution >= 4 is 11.9 Å². The zero-order chi connectivity index (χ0) is 14.6. The van der Waals surface area contributed by atoms with Crippen molar-refractivity contribution < 1.29 is 20.1 Å². The van der Waals surface area contributed by atoms with Gasteiger partial charge in [0.2, 0.25) is 0 Å². The van der Waals surface area contributed by atoms with E-state index in [4.69, 9.17) is 4.74 Å².